The van der Waals surface area contributed by atoms with E-state index < -0.39 is 5.79 Å². The van der Waals surface area contributed by atoms with E-state index in [1.807, 2.05) is 30.0 Å². The molecule has 2 fully saturated rings. The van der Waals surface area contributed by atoms with Gasteiger partial charge in [-0.2, -0.15) is 0 Å². The molecule has 4 rings (SSSR count). The van der Waals surface area contributed by atoms with Crippen LogP contribution in [0.5, 0.6) is 0 Å². The molecular weight excluding hydrogens is 308 g/mol. The number of nitrogens with zero attached hydrogens (tertiary/aromatic N) is 2. The topological polar surface area (TPSA) is 59.1 Å². The zero-order valence-corrected chi connectivity index (χ0v) is 13.9. The van der Waals surface area contributed by atoms with E-state index in [0.717, 1.165) is 11.3 Å². The van der Waals surface area contributed by atoms with E-state index in [9.17, 15) is 9.59 Å². The van der Waals surface area contributed by atoms with Gasteiger partial charge >= 0.3 is 0 Å². The average molecular weight is 330 g/mol. The fraction of sp³-hybridized carbons (Fsp3) is 0.556. The summed E-state index contributed by atoms with van der Waals surface area (Å²) in [6.45, 7) is 5.17. The van der Waals surface area contributed by atoms with Crippen LogP contribution in [0, 0.1) is 0 Å². The molecule has 3 aliphatic heterocycles. The van der Waals surface area contributed by atoms with Gasteiger partial charge in [0.2, 0.25) is 5.91 Å². The molecule has 0 atom stereocenters. The van der Waals surface area contributed by atoms with Gasteiger partial charge in [-0.1, -0.05) is 0 Å². The fourth-order valence-electron chi connectivity index (χ4n) is 3.88. The van der Waals surface area contributed by atoms with Crippen molar-refractivity contribution in [3.8, 4) is 0 Å². The lowest BCUT2D eigenvalue weighted by atomic mass is 10.0. The van der Waals surface area contributed by atoms with E-state index in [0.29, 0.717) is 57.7 Å². The molecule has 0 unspecified atom stereocenters. The number of fused-ring (bicyclic) bond motifs is 1. The number of ether oxygens (including phenoxy) is 2. The highest BCUT2D eigenvalue weighted by molar-refractivity contribution is 6.03. The lowest BCUT2D eigenvalue weighted by molar-refractivity contribution is -0.181. The van der Waals surface area contributed by atoms with Crippen LogP contribution in [0.25, 0.3) is 0 Å². The van der Waals surface area contributed by atoms with Crippen molar-refractivity contribution in [2.45, 2.75) is 32.0 Å². The zero-order valence-electron chi connectivity index (χ0n) is 13.9. The summed E-state index contributed by atoms with van der Waals surface area (Å²) < 4.78 is 11.4. The maximum atomic E-state index is 12.8. The average Bonchev–Trinajstić information content (AvgIpc) is 3.17. The number of carbonyl (C=O) groups is 2. The molecule has 3 heterocycles. The summed E-state index contributed by atoms with van der Waals surface area (Å²) in [7, 11) is 0. The molecule has 1 spiro atoms. The third-order valence-electron chi connectivity index (χ3n) is 5.20. The summed E-state index contributed by atoms with van der Waals surface area (Å²) in [4.78, 5) is 28.4. The Morgan fingerprint density at radius 3 is 2.58 bits per heavy atom. The third-order valence-corrected chi connectivity index (χ3v) is 5.20. The predicted molar refractivity (Wildman–Crippen MR) is 87.9 cm³/mol. The molecule has 0 aliphatic carbocycles. The molecule has 0 aromatic heterocycles. The Hall–Kier alpha value is -1.92. The Morgan fingerprint density at radius 2 is 1.92 bits per heavy atom. The molecule has 0 N–H and O–H groups in total. The van der Waals surface area contributed by atoms with Gasteiger partial charge in [-0.25, -0.2) is 0 Å². The summed E-state index contributed by atoms with van der Waals surface area (Å²) in [5.74, 6) is -0.344. The second-order valence-electron chi connectivity index (χ2n) is 6.56. The minimum Gasteiger partial charge on any atom is -0.347 e. The van der Waals surface area contributed by atoms with Crippen molar-refractivity contribution in [2.75, 3.05) is 37.7 Å². The minimum atomic E-state index is -0.469. The molecule has 3 aliphatic rings. The van der Waals surface area contributed by atoms with Crippen LogP contribution in [0.3, 0.4) is 0 Å². The molecule has 24 heavy (non-hydrogen) atoms. The molecule has 6 heteroatoms. The summed E-state index contributed by atoms with van der Waals surface area (Å²) in [5.41, 5.74) is 2.54. The standard InChI is InChI=1S/C18H22N2O4/c1-2-20-15-4-3-13(11-14(15)12-16(20)21)17(22)19-7-5-18(6-8-19)23-9-10-24-18/h3-4,11H,2,5-10,12H2,1H3. The highest BCUT2D eigenvalue weighted by atomic mass is 16.7. The lowest BCUT2D eigenvalue weighted by Crippen LogP contribution is -2.47. The van der Waals surface area contributed by atoms with Crippen LogP contribution in [-0.4, -0.2) is 55.3 Å². The third kappa shape index (κ3) is 2.50. The first kappa shape index (κ1) is 15.6. The van der Waals surface area contributed by atoms with Crippen molar-refractivity contribution >= 4 is 17.5 Å². The molecule has 2 amide bonds. The number of anilines is 1. The van der Waals surface area contributed by atoms with Gasteiger partial charge in [0.05, 0.1) is 19.6 Å². The number of amides is 2. The maximum absolute atomic E-state index is 12.8. The number of likely N-dealkylation sites (tertiary alicyclic amines) is 1. The first-order chi connectivity index (χ1) is 11.6. The van der Waals surface area contributed by atoms with Crippen molar-refractivity contribution < 1.29 is 19.1 Å². The van der Waals surface area contributed by atoms with Gasteiger partial charge in [0, 0.05) is 43.7 Å². The van der Waals surface area contributed by atoms with Crippen LogP contribution in [-0.2, 0) is 20.7 Å². The van der Waals surface area contributed by atoms with E-state index in [1.54, 1.807) is 4.90 Å². The first-order valence-corrected chi connectivity index (χ1v) is 8.62. The van der Waals surface area contributed by atoms with Gasteiger partial charge in [0.25, 0.3) is 5.91 Å². The molecule has 1 aromatic carbocycles. The lowest BCUT2D eigenvalue weighted by Gasteiger charge is -2.37. The Balaban J connectivity index is 1.48. The molecule has 0 bridgehead atoms. The summed E-state index contributed by atoms with van der Waals surface area (Å²) in [6.07, 6.45) is 1.81. The summed E-state index contributed by atoms with van der Waals surface area (Å²) in [6, 6.07) is 5.60. The second-order valence-corrected chi connectivity index (χ2v) is 6.56. The van der Waals surface area contributed by atoms with E-state index >= 15 is 0 Å². The summed E-state index contributed by atoms with van der Waals surface area (Å²) >= 11 is 0. The predicted octanol–water partition coefficient (Wildman–Crippen LogP) is 1.57. The van der Waals surface area contributed by atoms with Gasteiger partial charge in [0.1, 0.15) is 0 Å². The maximum Gasteiger partial charge on any atom is 0.253 e. The molecule has 1 aromatic rings. The molecule has 0 saturated carbocycles. The van der Waals surface area contributed by atoms with Gasteiger partial charge in [-0.3, -0.25) is 9.59 Å². The van der Waals surface area contributed by atoms with E-state index in [2.05, 4.69) is 0 Å². The quantitative estimate of drug-likeness (QED) is 0.826. The highest BCUT2D eigenvalue weighted by Gasteiger charge is 2.41. The Labute approximate surface area is 141 Å². The van der Waals surface area contributed by atoms with Crippen molar-refractivity contribution in [2.24, 2.45) is 0 Å². The van der Waals surface area contributed by atoms with Crippen molar-refractivity contribution in [3.63, 3.8) is 0 Å². The molecule has 0 radical (unpaired) electrons. The van der Waals surface area contributed by atoms with Crippen LogP contribution in [0.2, 0.25) is 0 Å². The van der Waals surface area contributed by atoms with Crippen LogP contribution in [0.4, 0.5) is 5.69 Å². The van der Waals surface area contributed by atoms with E-state index in [4.69, 9.17) is 9.47 Å². The first-order valence-electron chi connectivity index (χ1n) is 8.62. The Bertz CT molecular complexity index is 672. The molecular formula is C18H22N2O4. The largest absolute Gasteiger partial charge is 0.347 e. The smallest absolute Gasteiger partial charge is 0.253 e. The Kier molecular flexibility index (Phi) is 3.81. The van der Waals surface area contributed by atoms with E-state index in [-0.39, 0.29) is 11.8 Å². The number of hydrogen-bond acceptors (Lipinski definition) is 4. The van der Waals surface area contributed by atoms with Gasteiger partial charge in [-0.15, -0.1) is 0 Å². The second kappa shape index (κ2) is 5.86. The van der Waals surface area contributed by atoms with Crippen LogP contribution < -0.4 is 4.90 Å². The highest BCUT2D eigenvalue weighted by Crippen LogP contribution is 2.33. The van der Waals surface area contributed by atoms with Gasteiger partial charge in [-0.05, 0) is 30.7 Å². The van der Waals surface area contributed by atoms with Gasteiger partial charge < -0.3 is 19.3 Å². The number of rotatable bonds is 2. The normalized spacial score (nSPS) is 22.3. The van der Waals surface area contributed by atoms with Gasteiger partial charge in [0.15, 0.2) is 5.79 Å². The molecule has 128 valence electrons. The molecule has 6 nitrogen and oxygen atoms in total. The van der Waals surface area contributed by atoms with Crippen molar-refractivity contribution in [3.05, 3.63) is 29.3 Å². The van der Waals surface area contributed by atoms with E-state index in [1.165, 1.54) is 0 Å². The van der Waals surface area contributed by atoms with Crippen molar-refractivity contribution in [1.82, 2.24) is 4.90 Å². The minimum absolute atomic E-state index is 0.0213. The number of piperidine rings is 1. The van der Waals surface area contributed by atoms with Crippen LogP contribution in [0.1, 0.15) is 35.7 Å². The van der Waals surface area contributed by atoms with Crippen molar-refractivity contribution in [1.29, 1.82) is 0 Å². The fourth-order valence-corrected chi connectivity index (χ4v) is 3.88. The van der Waals surface area contributed by atoms with Crippen LogP contribution in [0.15, 0.2) is 18.2 Å². The number of carbonyl (C=O) groups excluding carboxylic acids is 2. The molecule has 2 saturated heterocycles. The summed E-state index contributed by atoms with van der Waals surface area (Å²) in [5, 5.41) is 0. The number of benzene rings is 1. The van der Waals surface area contributed by atoms with Crippen LogP contribution >= 0.6 is 0 Å². The monoisotopic (exact) mass is 330 g/mol. The number of likely N-dealkylation sites (N-methyl/N-ethyl adjacent to an activating group) is 1. The zero-order chi connectivity index (χ0) is 16.7. The SMILES string of the molecule is CCN1C(=O)Cc2cc(C(=O)N3CCC4(CC3)OCCO4)ccc21. The number of hydrogen-bond donors (Lipinski definition) is 0. The Morgan fingerprint density at radius 1 is 1.21 bits per heavy atom.